The zero-order valence-electron chi connectivity index (χ0n) is 11.7. The van der Waals surface area contributed by atoms with E-state index in [0.717, 1.165) is 5.82 Å². The number of nitro benzene ring substituents is 1. The van der Waals surface area contributed by atoms with Crippen LogP contribution in [0, 0.1) is 10.1 Å². The summed E-state index contributed by atoms with van der Waals surface area (Å²) in [5.41, 5.74) is 0.741. The Morgan fingerprint density at radius 1 is 1.18 bits per heavy atom. The summed E-state index contributed by atoms with van der Waals surface area (Å²) in [6.07, 6.45) is 1.72. The van der Waals surface area contributed by atoms with E-state index in [1.807, 2.05) is 18.2 Å². The molecule has 0 bridgehead atoms. The number of non-ortho nitro benzene ring substituents is 1. The predicted octanol–water partition coefficient (Wildman–Crippen LogP) is 2.39. The van der Waals surface area contributed by atoms with E-state index in [4.69, 9.17) is 12.2 Å². The average Bonchev–Trinajstić information content (AvgIpc) is 2.53. The van der Waals surface area contributed by atoms with Crippen molar-refractivity contribution in [2.24, 2.45) is 0 Å². The molecular formula is C14H15N5O2S. The molecule has 0 saturated heterocycles. The van der Waals surface area contributed by atoms with Crippen molar-refractivity contribution >= 4 is 34.5 Å². The number of pyridine rings is 1. The highest BCUT2D eigenvalue weighted by atomic mass is 32.1. The molecular weight excluding hydrogens is 302 g/mol. The van der Waals surface area contributed by atoms with E-state index in [-0.39, 0.29) is 5.69 Å². The van der Waals surface area contributed by atoms with Gasteiger partial charge >= 0.3 is 0 Å². The van der Waals surface area contributed by atoms with Crippen molar-refractivity contribution in [1.29, 1.82) is 0 Å². The number of nitro groups is 1. The normalized spacial score (nSPS) is 9.82. The first-order valence-corrected chi connectivity index (χ1v) is 7.00. The van der Waals surface area contributed by atoms with Crippen LogP contribution in [0.4, 0.5) is 17.2 Å². The lowest BCUT2D eigenvalue weighted by atomic mass is 10.3. The van der Waals surface area contributed by atoms with Crippen molar-refractivity contribution < 1.29 is 4.92 Å². The summed E-state index contributed by atoms with van der Waals surface area (Å²) in [4.78, 5) is 14.3. The molecule has 2 rings (SSSR count). The number of rotatable bonds is 6. The van der Waals surface area contributed by atoms with Crippen LogP contribution in [0.15, 0.2) is 48.7 Å². The van der Waals surface area contributed by atoms with Crippen molar-refractivity contribution in [3.05, 3.63) is 58.8 Å². The minimum Gasteiger partial charge on any atom is -0.368 e. The molecule has 8 heteroatoms. The van der Waals surface area contributed by atoms with Gasteiger partial charge < -0.3 is 16.0 Å². The zero-order valence-corrected chi connectivity index (χ0v) is 12.5. The van der Waals surface area contributed by atoms with Crippen LogP contribution in [0.5, 0.6) is 0 Å². The molecule has 1 heterocycles. The van der Waals surface area contributed by atoms with Crippen molar-refractivity contribution in [3.8, 4) is 0 Å². The Kier molecular flexibility index (Phi) is 5.61. The lowest BCUT2D eigenvalue weighted by Gasteiger charge is -2.11. The van der Waals surface area contributed by atoms with Crippen LogP contribution < -0.4 is 16.0 Å². The van der Waals surface area contributed by atoms with Gasteiger partial charge in [-0.25, -0.2) is 4.98 Å². The second kappa shape index (κ2) is 7.89. The lowest BCUT2D eigenvalue weighted by molar-refractivity contribution is -0.384. The molecule has 114 valence electrons. The third kappa shape index (κ3) is 4.98. The van der Waals surface area contributed by atoms with E-state index in [1.165, 1.54) is 12.1 Å². The highest BCUT2D eigenvalue weighted by Gasteiger charge is 2.04. The first-order chi connectivity index (χ1) is 10.6. The fourth-order valence-electron chi connectivity index (χ4n) is 1.68. The van der Waals surface area contributed by atoms with Crippen LogP contribution in [-0.4, -0.2) is 28.1 Å². The monoisotopic (exact) mass is 317 g/mol. The first-order valence-electron chi connectivity index (χ1n) is 6.59. The fourth-order valence-corrected chi connectivity index (χ4v) is 1.90. The molecule has 0 aliphatic carbocycles. The highest BCUT2D eigenvalue weighted by Crippen LogP contribution is 2.15. The zero-order chi connectivity index (χ0) is 15.8. The molecule has 0 aliphatic heterocycles. The number of aromatic nitrogens is 1. The Balaban J connectivity index is 1.70. The molecule has 1 aromatic carbocycles. The molecule has 2 aromatic rings. The summed E-state index contributed by atoms with van der Waals surface area (Å²) in [6.45, 7) is 1.29. The van der Waals surface area contributed by atoms with Gasteiger partial charge in [0.15, 0.2) is 5.11 Å². The number of thiocarbonyl (C=S) groups is 1. The predicted molar refractivity (Wildman–Crippen MR) is 90.0 cm³/mol. The van der Waals surface area contributed by atoms with E-state index < -0.39 is 4.92 Å². The number of nitrogens with zero attached hydrogens (tertiary/aromatic N) is 2. The summed E-state index contributed by atoms with van der Waals surface area (Å²) < 4.78 is 0. The van der Waals surface area contributed by atoms with Gasteiger partial charge in [0.2, 0.25) is 0 Å². The molecule has 0 aliphatic rings. The second-order valence-electron chi connectivity index (χ2n) is 4.33. The van der Waals surface area contributed by atoms with Gasteiger partial charge in [-0.1, -0.05) is 6.07 Å². The Labute approximate surface area is 132 Å². The minimum absolute atomic E-state index is 0.0454. The number of benzene rings is 1. The summed E-state index contributed by atoms with van der Waals surface area (Å²) in [5, 5.41) is 20.2. The molecule has 0 atom stereocenters. The Bertz CT molecular complexity index is 633. The maximum atomic E-state index is 10.6. The van der Waals surface area contributed by atoms with Crippen LogP contribution in [0.25, 0.3) is 0 Å². The Morgan fingerprint density at radius 2 is 1.95 bits per heavy atom. The van der Waals surface area contributed by atoms with Gasteiger partial charge in [-0.15, -0.1) is 0 Å². The van der Waals surface area contributed by atoms with Crippen molar-refractivity contribution in [2.75, 3.05) is 23.7 Å². The molecule has 0 fully saturated rings. The summed E-state index contributed by atoms with van der Waals surface area (Å²) in [6, 6.07) is 11.7. The number of hydrogen-bond donors (Lipinski definition) is 3. The van der Waals surface area contributed by atoms with Crippen LogP contribution in [-0.2, 0) is 0 Å². The summed E-state index contributed by atoms with van der Waals surface area (Å²) in [7, 11) is 0. The van der Waals surface area contributed by atoms with Crippen molar-refractivity contribution in [3.63, 3.8) is 0 Å². The molecule has 7 nitrogen and oxygen atoms in total. The molecule has 1 aromatic heterocycles. The molecule has 0 saturated carbocycles. The van der Waals surface area contributed by atoms with Gasteiger partial charge in [-0.3, -0.25) is 10.1 Å². The van der Waals surface area contributed by atoms with Gasteiger partial charge in [0.1, 0.15) is 5.82 Å². The van der Waals surface area contributed by atoms with Crippen molar-refractivity contribution in [1.82, 2.24) is 10.3 Å². The smallest absolute Gasteiger partial charge is 0.269 e. The summed E-state index contributed by atoms with van der Waals surface area (Å²) >= 11 is 5.15. The third-order valence-electron chi connectivity index (χ3n) is 2.72. The van der Waals surface area contributed by atoms with Crippen LogP contribution in [0.2, 0.25) is 0 Å². The van der Waals surface area contributed by atoms with Crippen LogP contribution in [0.1, 0.15) is 0 Å². The average molecular weight is 317 g/mol. The molecule has 0 unspecified atom stereocenters. The van der Waals surface area contributed by atoms with Gasteiger partial charge in [-0.05, 0) is 36.5 Å². The number of hydrogen-bond acceptors (Lipinski definition) is 5. The lowest BCUT2D eigenvalue weighted by Crippen LogP contribution is -2.32. The van der Waals surface area contributed by atoms with Crippen LogP contribution >= 0.6 is 12.2 Å². The number of nitrogens with one attached hydrogen (secondary N) is 3. The molecule has 3 N–H and O–H groups in total. The highest BCUT2D eigenvalue weighted by molar-refractivity contribution is 7.80. The molecule has 0 amide bonds. The Hall–Kier alpha value is -2.74. The summed E-state index contributed by atoms with van der Waals surface area (Å²) in [5.74, 6) is 0.804. The molecule has 0 spiro atoms. The third-order valence-corrected chi connectivity index (χ3v) is 2.96. The molecule has 0 radical (unpaired) electrons. The number of anilines is 2. The SMILES string of the molecule is O=[N+]([O-])c1ccc(NC(=S)NCCNc2ccccn2)cc1. The second-order valence-corrected chi connectivity index (χ2v) is 4.73. The standard InChI is InChI=1S/C14H15N5O2S/c20-19(21)12-6-4-11(5-7-12)18-14(22)17-10-9-16-13-3-1-2-8-15-13/h1-8H,9-10H2,(H,15,16)(H2,17,18,22). The van der Waals surface area contributed by atoms with Gasteiger partial charge in [0, 0.05) is 37.1 Å². The largest absolute Gasteiger partial charge is 0.368 e. The van der Waals surface area contributed by atoms with E-state index in [2.05, 4.69) is 20.9 Å². The van der Waals surface area contributed by atoms with E-state index in [1.54, 1.807) is 18.3 Å². The Morgan fingerprint density at radius 3 is 2.59 bits per heavy atom. The van der Waals surface area contributed by atoms with E-state index >= 15 is 0 Å². The quantitative estimate of drug-likeness (QED) is 0.326. The first kappa shape index (κ1) is 15.6. The van der Waals surface area contributed by atoms with Crippen LogP contribution in [0.3, 0.4) is 0 Å². The van der Waals surface area contributed by atoms with Crippen molar-refractivity contribution in [2.45, 2.75) is 0 Å². The van der Waals surface area contributed by atoms with Gasteiger partial charge in [-0.2, -0.15) is 0 Å². The topological polar surface area (TPSA) is 92.1 Å². The van der Waals surface area contributed by atoms with E-state index in [9.17, 15) is 10.1 Å². The van der Waals surface area contributed by atoms with Gasteiger partial charge in [0.25, 0.3) is 5.69 Å². The molecule has 22 heavy (non-hydrogen) atoms. The van der Waals surface area contributed by atoms with E-state index in [0.29, 0.717) is 23.9 Å². The maximum absolute atomic E-state index is 10.6. The minimum atomic E-state index is -0.441. The fraction of sp³-hybridized carbons (Fsp3) is 0.143. The van der Waals surface area contributed by atoms with Gasteiger partial charge in [0.05, 0.1) is 4.92 Å². The maximum Gasteiger partial charge on any atom is 0.269 e.